The Bertz CT molecular complexity index is 434. The molecule has 1 aliphatic rings. The molecule has 1 aromatic carbocycles. The minimum atomic E-state index is -0.730. The van der Waals surface area contributed by atoms with Crippen LogP contribution in [0.15, 0.2) is 18.2 Å². The molecule has 0 saturated carbocycles. The Morgan fingerprint density at radius 3 is 2.95 bits per heavy atom. The number of aliphatic hydroxyl groups is 1. The Morgan fingerprint density at radius 1 is 1.42 bits per heavy atom. The van der Waals surface area contributed by atoms with Crippen molar-refractivity contribution >= 4 is 23.2 Å². The van der Waals surface area contributed by atoms with Gasteiger partial charge in [0.05, 0.1) is 11.7 Å². The van der Waals surface area contributed by atoms with Crippen LogP contribution in [-0.4, -0.2) is 23.4 Å². The molecule has 2 rings (SSSR count). The number of benzene rings is 1. The molecule has 0 amide bonds. The summed E-state index contributed by atoms with van der Waals surface area (Å²) in [6, 6.07) is 5.39. The third-order valence-electron chi connectivity index (χ3n) is 3.67. The fourth-order valence-electron chi connectivity index (χ4n) is 2.70. The molecule has 1 aliphatic heterocycles. The van der Waals surface area contributed by atoms with E-state index >= 15 is 0 Å². The number of hydrogen-bond donors (Lipinski definition) is 1. The van der Waals surface area contributed by atoms with E-state index in [9.17, 15) is 5.11 Å². The van der Waals surface area contributed by atoms with E-state index in [4.69, 9.17) is 27.9 Å². The maximum Gasteiger partial charge on any atom is 0.0735 e. The Labute approximate surface area is 124 Å². The molecule has 0 aromatic heterocycles. The van der Waals surface area contributed by atoms with Gasteiger partial charge in [-0.05, 0) is 36.6 Å². The van der Waals surface area contributed by atoms with Crippen molar-refractivity contribution in [2.45, 2.75) is 50.7 Å². The van der Waals surface area contributed by atoms with E-state index in [1.165, 1.54) is 0 Å². The van der Waals surface area contributed by atoms with Crippen molar-refractivity contribution in [1.29, 1.82) is 0 Å². The summed E-state index contributed by atoms with van der Waals surface area (Å²) < 4.78 is 5.69. The third-order valence-corrected chi connectivity index (χ3v) is 4.27. The Hall–Kier alpha value is -0.280. The average molecular weight is 303 g/mol. The van der Waals surface area contributed by atoms with Crippen LogP contribution in [-0.2, 0) is 11.2 Å². The van der Waals surface area contributed by atoms with Gasteiger partial charge in [-0.25, -0.2) is 0 Å². The van der Waals surface area contributed by atoms with Crippen LogP contribution in [0.4, 0.5) is 0 Å². The molecule has 106 valence electrons. The zero-order valence-corrected chi connectivity index (χ0v) is 12.7. The van der Waals surface area contributed by atoms with Crippen molar-refractivity contribution in [2.75, 3.05) is 6.61 Å². The van der Waals surface area contributed by atoms with Crippen molar-refractivity contribution in [3.63, 3.8) is 0 Å². The minimum absolute atomic E-state index is 0.154. The van der Waals surface area contributed by atoms with Crippen molar-refractivity contribution < 1.29 is 9.84 Å². The van der Waals surface area contributed by atoms with E-state index in [-0.39, 0.29) is 6.10 Å². The molecule has 4 heteroatoms. The van der Waals surface area contributed by atoms with E-state index < -0.39 is 5.60 Å². The molecular weight excluding hydrogens is 283 g/mol. The quantitative estimate of drug-likeness (QED) is 0.901. The summed E-state index contributed by atoms with van der Waals surface area (Å²) in [4.78, 5) is 0. The summed E-state index contributed by atoms with van der Waals surface area (Å²) in [5.74, 6) is 0. The zero-order chi connectivity index (χ0) is 13.9. The van der Waals surface area contributed by atoms with Crippen LogP contribution < -0.4 is 0 Å². The van der Waals surface area contributed by atoms with Gasteiger partial charge in [0.1, 0.15) is 0 Å². The molecule has 2 nitrogen and oxygen atoms in total. The first-order chi connectivity index (χ1) is 9.02. The Balaban J connectivity index is 2.09. The second-order valence-electron chi connectivity index (χ2n) is 5.37. The lowest BCUT2D eigenvalue weighted by atomic mass is 9.83. The lowest BCUT2D eigenvalue weighted by Crippen LogP contribution is -2.42. The number of ether oxygens (including phenoxy) is 1. The van der Waals surface area contributed by atoms with Gasteiger partial charge >= 0.3 is 0 Å². The fourth-order valence-corrected chi connectivity index (χ4v) is 3.08. The Kier molecular flexibility index (Phi) is 5.13. The Morgan fingerprint density at radius 2 is 2.21 bits per heavy atom. The van der Waals surface area contributed by atoms with Crippen LogP contribution in [0.1, 0.15) is 38.2 Å². The molecule has 1 aromatic rings. The molecule has 1 fully saturated rings. The summed E-state index contributed by atoms with van der Waals surface area (Å²) >= 11 is 12.2. The summed E-state index contributed by atoms with van der Waals surface area (Å²) in [5, 5.41) is 12.1. The third kappa shape index (κ3) is 4.09. The number of hydrogen-bond acceptors (Lipinski definition) is 2. The molecule has 0 spiro atoms. The highest BCUT2D eigenvalue weighted by Gasteiger charge is 2.35. The summed E-state index contributed by atoms with van der Waals surface area (Å²) in [6.07, 6.45) is 4.07. The van der Waals surface area contributed by atoms with Gasteiger partial charge in [-0.1, -0.05) is 36.5 Å². The maximum atomic E-state index is 10.8. The van der Waals surface area contributed by atoms with Crippen molar-refractivity contribution in [2.24, 2.45) is 0 Å². The van der Waals surface area contributed by atoms with Gasteiger partial charge in [-0.15, -0.1) is 0 Å². The van der Waals surface area contributed by atoms with Crippen LogP contribution in [0.25, 0.3) is 0 Å². The predicted octanol–water partition coefficient (Wildman–Crippen LogP) is 4.25. The first kappa shape index (κ1) is 15.1. The van der Waals surface area contributed by atoms with Crippen molar-refractivity contribution in [1.82, 2.24) is 0 Å². The molecule has 0 radical (unpaired) electrons. The highest BCUT2D eigenvalue weighted by molar-refractivity contribution is 6.33. The lowest BCUT2D eigenvalue weighted by Gasteiger charge is -2.37. The second-order valence-corrected chi connectivity index (χ2v) is 6.22. The zero-order valence-electron chi connectivity index (χ0n) is 11.2. The normalized spacial score (nSPS) is 27.5. The summed E-state index contributed by atoms with van der Waals surface area (Å²) in [5.41, 5.74) is 0.181. The maximum absolute atomic E-state index is 10.8. The molecule has 2 unspecified atom stereocenters. The topological polar surface area (TPSA) is 29.5 Å². The standard InChI is InChI=1S/C15H20Cl2O2/c1-2-3-13-10-15(18,6-7-19-13)9-11-8-12(16)4-5-14(11)17/h4-5,8,13,18H,2-3,6-7,9-10H2,1H3. The largest absolute Gasteiger partial charge is 0.389 e. The van der Waals surface area contributed by atoms with Crippen molar-refractivity contribution in [3.05, 3.63) is 33.8 Å². The first-order valence-corrected chi connectivity index (χ1v) is 7.56. The highest BCUT2D eigenvalue weighted by atomic mass is 35.5. The van der Waals surface area contributed by atoms with Gasteiger partial charge in [-0.3, -0.25) is 0 Å². The van der Waals surface area contributed by atoms with Crippen LogP contribution in [0.3, 0.4) is 0 Å². The average Bonchev–Trinajstić information content (AvgIpc) is 2.34. The first-order valence-electron chi connectivity index (χ1n) is 6.80. The van der Waals surface area contributed by atoms with Gasteiger partial charge in [0, 0.05) is 29.5 Å². The SMILES string of the molecule is CCCC1CC(O)(Cc2cc(Cl)ccc2Cl)CCO1. The lowest BCUT2D eigenvalue weighted by molar-refractivity contribution is -0.104. The molecule has 0 bridgehead atoms. The van der Waals surface area contributed by atoms with Crippen LogP contribution in [0, 0.1) is 0 Å². The summed E-state index contributed by atoms with van der Waals surface area (Å²) in [6.45, 7) is 2.74. The van der Waals surface area contributed by atoms with E-state index in [2.05, 4.69) is 6.92 Å². The minimum Gasteiger partial charge on any atom is -0.389 e. The van der Waals surface area contributed by atoms with Gasteiger partial charge in [-0.2, -0.15) is 0 Å². The van der Waals surface area contributed by atoms with E-state index in [1.807, 2.05) is 6.07 Å². The van der Waals surface area contributed by atoms with Crippen LogP contribution >= 0.6 is 23.2 Å². The van der Waals surface area contributed by atoms with Crippen LogP contribution in [0.5, 0.6) is 0 Å². The fraction of sp³-hybridized carbons (Fsp3) is 0.600. The van der Waals surface area contributed by atoms with Gasteiger partial charge in [0.25, 0.3) is 0 Å². The van der Waals surface area contributed by atoms with E-state index in [0.29, 0.717) is 35.9 Å². The highest BCUT2D eigenvalue weighted by Crippen LogP contribution is 2.33. The second kappa shape index (κ2) is 6.45. The summed E-state index contributed by atoms with van der Waals surface area (Å²) in [7, 11) is 0. The van der Waals surface area contributed by atoms with Gasteiger partial charge in [0.15, 0.2) is 0 Å². The predicted molar refractivity (Wildman–Crippen MR) is 79.0 cm³/mol. The van der Waals surface area contributed by atoms with E-state index in [1.54, 1.807) is 12.1 Å². The molecule has 1 heterocycles. The molecular formula is C15H20Cl2O2. The molecule has 2 atom stereocenters. The van der Waals surface area contributed by atoms with Gasteiger partial charge in [0.2, 0.25) is 0 Å². The molecule has 19 heavy (non-hydrogen) atoms. The van der Waals surface area contributed by atoms with Crippen LogP contribution in [0.2, 0.25) is 10.0 Å². The molecule has 1 N–H and O–H groups in total. The smallest absolute Gasteiger partial charge is 0.0735 e. The van der Waals surface area contributed by atoms with E-state index in [0.717, 1.165) is 18.4 Å². The van der Waals surface area contributed by atoms with Crippen molar-refractivity contribution in [3.8, 4) is 0 Å². The molecule has 0 aliphatic carbocycles. The molecule has 1 saturated heterocycles. The number of halogens is 2. The monoisotopic (exact) mass is 302 g/mol. The van der Waals surface area contributed by atoms with Gasteiger partial charge < -0.3 is 9.84 Å². The number of rotatable bonds is 4.